The minimum atomic E-state index is -0.954. The largest absolute Gasteiger partial charge is 1.00 e. The molecule has 6 N–H and O–H groups in total. The Bertz CT molecular complexity index is 194. The smallest absolute Gasteiger partial charge is 1.00 e. The molecule has 2 unspecified atom stereocenters. The van der Waals surface area contributed by atoms with Crippen molar-refractivity contribution < 1.29 is 107 Å². The van der Waals surface area contributed by atoms with Crippen molar-refractivity contribution in [3.8, 4) is 0 Å². The molecule has 0 aromatic carbocycles. The van der Waals surface area contributed by atoms with Crippen molar-refractivity contribution in [3.05, 3.63) is 7.43 Å². The van der Waals surface area contributed by atoms with Crippen LogP contribution in [0.1, 0.15) is 0 Å². The number of alkyl halides is 5. The van der Waals surface area contributed by atoms with E-state index >= 15 is 0 Å². The molecule has 2 atom stereocenters. The predicted octanol–water partition coefficient (Wildman–Crippen LogP) is -8.11. The summed E-state index contributed by atoms with van der Waals surface area (Å²) in [4.78, 5) is 0. The Morgan fingerprint density at radius 2 is 1.18 bits per heavy atom. The molecule has 0 radical (unpaired) electrons. The van der Waals surface area contributed by atoms with Gasteiger partial charge in [0.2, 0.25) is 0 Å². The number of halogens is 6. The summed E-state index contributed by atoms with van der Waals surface area (Å²) in [6.07, 6.45) is -1.09. The molecule has 15 heteroatoms. The third-order valence-corrected chi connectivity index (χ3v) is 3.60. The number of aliphatic hydroxyl groups excluding tert-OH is 5. The third kappa shape index (κ3) is 57.0. The van der Waals surface area contributed by atoms with Crippen LogP contribution < -0.4 is 71.5 Å². The van der Waals surface area contributed by atoms with Crippen LogP contribution in [0.4, 0.5) is 0 Å². The minimum Gasteiger partial charge on any atom is -1.00 e. The Balaban J connectivity index is -0.0000000300. The maximum Gasteiger partial charge on any atom is 1.00 e. The van der Waals surface area contributed by atoms with Crippen LogP contribution in [-0.4, -0.2) is 105 Å². The van der Waals surface area contributed by atoms with Crippen LogP contribution in [0.15, 0.2) is 0 Å². The molecule has 1 aliphatic rings. The van der Waals surface area contributed by atoms with Gasteiger partial charge in [-0.25, -0.2) is 0 Å². The molecule has 0 saturated carbocycles. The van der Waals surface area contributed by atoms with Crippen molar-refractivity contribution in [3.63, 3.8) is 0 Å². The molecule has 0 bridgehead atoms. The number of aliphatic hydroxyl groups is 5. The summed E-state index contributed by atoms with van der Waals surface area (Å²) < 4.78 is 4.73. The summed E-state index contributed by atoms with van der Waals surface area (Å²) in [5.41, 5.74) is 0. The van der Waals surface area contributed by atoms with E-state index in [9.17, 15) is 0 Å². The molecule has 0 aliphatic carbocycles. The van der Waals surface area contributed by atoms with Gasteiger partial charge in [0.15, 0.2) is 0 Å². The fourth-order valence-electron chi connectivity index (χ4n) is 0.305. The van der Waals surface area contributed by atoms with Crippen LogP contribution in [0, 0.1) is 7.43 Å². The summed E-state index contributed by atoms with van der Waals surface area (Å²) in [5.74, 6) is 1.44. The molecule has 168 valence electrons. The van der Waals surface area contributed by atoms with Gasteiger partial charge < -0.3 is 55.6 Å². The van der Waals surface area contributed by atoms with Gasteiger partial charge >= 0.3 is 59.1 Å². The van der Waals surface area contributed by atoms with E-state index in [0.29, 0.717) is 17.9 Å². The summed E-state index contributed by atoms with van der Waals surface area (Å²) >= 11 is 25.9. The summed E-state index contributed by atoms with van der Waals surface area (Å²) in [5, 5.41) is 40.3. The first-order valence-electron chi connectivity index (χ1n) is 6.54. The van der Waals surface area contributed by atoms with Gasteiger partial charge in [-0.2, -0.15) is 0 Å². The van der Waals surface area contributed by atoms with E-state index in [-0.39, 0.29) is 121 Å². The Hall–Kier alpha value is 3.46. The number of hydrogen-bond donors (Lipinski definition) is 5. The number of ether oxygens (including phenoxy) is 1. The normalized spacial score (nSPS) is 13.5. The SMILES string of the molecule is ClCC1CO1.OC(CCl)CCl.OCC(Cl)CCl.OCC(O)CO.[CH3-].[Cl-].[Na+].[Na+].[OH-]. The van der Waals surface area contributed by atoms with Gasteiger partial charge in [0.1, 0.15) is 6.10 Å². The Morgan fingerprint density at radius 1 is 0.821 bits per heavy atom. The average molecular weight is 556 g/mol. The second kappa shape index (κ2) is 44.2. The van der Waals surface area contributed by atoms with Crippen molar-refractivity contribution in [2.45, 2.75) is 23.7 Å². The average Bonchev–Trinajstić information content (AvgIpc) is 3.45. The van der Waals surface area contributed by atoms with Crippen LogP contribution in [0.2, 0.25) is 0 Å². The van der Waals surface area contributed by atoms with Crippen molar-refractivity contribution in [2.24, 2.45) is 0 Å². The van der Waals surface area contributed by atoms with E-state index in [1.165, 1.54) is 0 Å². The molecule has 1 fully saturated rings. The molecular formula is C13H29Cl6Na2O7-. The molecule has 7 nitrogen and oxygen atoms in total. The van der Waals surface area contributed by atoms with Crippen molar-refractivity contribution in [2.75, 3.05) is 49.9 Å². The molecule has 0 spiro atoms. The van der Waals surface area contributed by atoms with E-state index in [0.717, 1.165) is 6.61 Å². The van der Waals surface area contributed by atoms with Crippen molar-refractivity contribution >= 4 is 58.0 Å². The zero-order valence-corrected chi connectivity index (χ0v) is 24.9. The molecule has 1 heterocycles. The molecule has 1 saturated heterocycles. The van der Waals surface area contributed by atoms with Crippen LogP contribution in [-0.2, 0) is 4.74 Å². The van der Waals surface area contributed by atoms with Crippen molar-refractivity contribution in [1.29, 1.82) is 0 Å². The van der Waals surface area contributed by atoms with Gasteiger partial charge in [0.25, 0.3) is 0 Å². The Kier molecular flexibility index (Phi) is 83.7. The molecule has 0 aromatic rings. The van der Waals surface area contributed by atoms with E-state index in [2.05, 4.69) is 0 Å². The summed E-state index contributed by atoms with van der Waals surface area (Å²) in [6.45, 7) is 0.113. The van der Waals surface area contributed by atoms with E-state index in [4.69, 9.17) is 88.3 Å². The zero-order chi connectivity index (χ0) is 18.7. The molecule has 28 heavy (non-hydrogen) atoms. The maximum absolute atomic E-state index is 8.40. The van der Waals surface area contributed by atoms with E-state index < -0.39 is 12.2 Å². The standard InChI is InChI=1S/2C3H6Cl2O.C3H5ClO.C3H8O3.CH3.ClH.2Na.H2O/c4-1-3(5)2-6;4-1-3(6)2-5;4-1-3-2-5-3;4-1-3(6)2-5;;;;;/h2*3,6H,1-2H2;3H,1-2H2;3-6H,1-2H2;1H3;1H;;;1H2/q;;;;-1;;2*+1;/p-2. The first-order valence-corrected chi connectivity index (χ1v) is 9.12. The van der Waals surface area contributed by atoms with Crippen molar-refractivity contribution in [1.82, 2.24) is 0 Å². The monoisotopic (exact) mass is 553 g/mol. The molecule has 1 aliphatic heterocycles. The van der Waals surface area contributed by atoms with Gasteiger partial charge in [-0.15, -0.1) is 58.0 Å². The Labute approximate surface area is 243 Å². The summed E-state index contributed by atoms with van der Waals surface area (Å²) in [6, 6.07) is 0. The number of epoxide rings is 1. The first-order chi connectivity index (χ1) is 10.9. The fraction of sp³-hybridized carbons (Fsp3) is 0.923. The second-order valence-electron chi connectivity index (χ2n) is 4.03. The van der Waals surface area contributed by atoms with Gasteiger partial charge in [0.05, 0.1) is 49.9 Å². The molecular weight excluding hydrogens is 527 g/mol. The molecule has 1 rings (SSSR count). The van der Waals surface area contributed by atoms with Crippen LogP contribution in [0.3, 0.4) is 0 Å². The van der Waals surface area contributed by atoms with E-state index in [1.807, 2.05) is 0 Å². The zero-order valence-electron chi connectivity index (χ0n) is 16.3. The topological polar surface area (TPSA) is 144 Å². The first kappa shape index (κ1) is 53.0. The fourth-order valence-corrected chi connectivity index (χ4v) is 0.911. The summed E-state index contributed by atoms with van der Waals surface area (Å²) in [7, 11) is 0. The van der Waals surface area contributed by atoms with Crippen LogP contribution in [0.25, 0.3) is 0 Å². The van der Waals surface area contributed by atoms with Gasteiger partial charge in [-0.05, 0) is 0 Å². The van der Waals surface area contributed by atoms with Gasteiger partial charge in [-0.3, -0.25) is 0 Å². The third-order valence-electron chi connectivity index (χ3n) is 1.72. The Morgan fingerprint density at radius 3 is 1.18 bits per heavy atom. The molecule has 0 aromatic heterocycles. The number of rotatable bonds is 7. The van der Waals surface area contributed by atoms with Crippen LogP contribution in [0.5, 0.6) is 0 Å². The van der Waals surface area contributed by atoms with E-state index in [1.54, 1.807) is 0 Å². The minimum absolute atomic E-state index is 0. The maximum atomic E-state index is 8.40. The van der Waals surface area contributed by atoms with Gasteiger partial charge in [0, 0.05) is 17.6 Å². The quantitative estimate of drug-likeness (QED) is 0.0908. The van der Waals surface area contributed by atoms with Gasteiger partial charge in [-0.1, -0.05) is 0 Å². The predicted molar refractivity (Wildman–Crippen MR) is 104 cm³/mol. The second-order valence-corrected chi connectivity index (χ2v) is 5.88. The van der Waals surface area contributed by atoms with Crippen LogP contribution >= 0.6 is 58.0 Å². The number of hydrogen-bond acceptors (Lipinski definition) is 7. The molecule has 0 amide bonds.